The van der Waals surface area contributed by atoms with Gasteiger partial charge in [0.25, 0.3) is 0 Å². The molecule has 4 atom stereocenters. The Labute approximate surface area is 204 Å². The van der Waals surface area contributed by atoms with Crippen LogP contribution in [-0.4, -0.2) is 51.4 Å². The average molecular weight is 479 g/mol. The van der Waals surface area contributed by atoms with E-state index < -0.39 is 23.5 Å². The summed E-state index contributed by atoms with van der Waals surface area (Å²) in [7, 11) is 4.55. The molecule has 35 heavy (non-hydrogen) atoms. The van der Waals surface area contributed by atoms with Crippen molar-refractivity contribution in [3.05, 3.63) is 54.1 Å². The number of hydrogen-bond donors (Lipinski definition) is 1. The zero-order chi connectivity index (χ0) is 24.9. The lowest BCUT2D eigenvalue weighted by atomic mass is 9.76. The molecule has 0 aliphatic carbocycles. The second-order valence-electron chi connectivity index (χ2n) is 9.47. The van der Waals surface area contributed by atoms with Crippen molar-refractivity contribution in [2.75, 3.05) is 38.1 Å². The third-order valence-electron chi connectivity index (χ3n) is 7.21. The van der Waals surface area contributed by atoms with E-state index >= 15 is 0 Å². The first kappa shape index (κ1) is 23.2. The van der Waals surface area contributed by atoms with Gasteiger partial charge in [-0.05, 0) is 23.6 Å². The van der Waals surface area contributed by atoms with Crippen molar-refractivity contribution in [2.45, 2.75) is 31.5 Å². The van der Waals surface area contributed by atoms with Crippen molar-refractivity contribution in [1.29, 1.82) is 0 Å². The number of hydrogen-bond acceptors (Lipinski definition) is 6. The molecule has 0 aromatic heterocycles. The number of carbonyl (C=O) groups is 2. The first-order valence-corrected chi connectivity index (χ1v) is 11.7. The van der Waals surface area contributed by atoms with Gasteiger partial charge >= 0.3 is 0 Å². The van der Waals surface area contributed by atoms with Crippen molar-refractivity contribution >= 4 is 23.2 Å². The summed E-state index contributed by atoms with van der Waals surface area (Å²) in [5.74, 6) is 0.0666. The Bertz CT molecular complexity index is 1170. The molecule has 8 heteroatoms. The van der Waals surface area contributed by atoms with E-state index in [0.717, 1.165) is 5.69 Å². The van der Waals surface area contributed by atoms with E-state index in [2.05, 4.69) is 19.2 Å². The first-order valence-electron chi connectivity index (χ1n) is 11.7. The zero-order valence-corrected chi connectivity index (χ0v) is 20.5. The number of nitrogens with zero attached hydrogens (tertiary/aromatic N) is 1. The SMILES string of the molecule is COc1cc(NC(=O)[C@H]2[C@H]3C=C[C@]4(CN(c5ccc(C(C)C)cc5)C(=O)[C@@H]24)O3)cc(OC)c1OC. The van der Waals surface area contributed by atoms with E-state index in [1.54, 1.807) is 17.0 Å². The van der Waals surface area contributed by atoms with Gasteiger partial charge in [0.05, 0.1) is 45.8 Å². The lowest BCUT2D eigenvalue weighted by Gasteiger charge is -2.24. The molecule has 3 heterocycles. The van der Waals surface area contributed by atoms with Gasteiger partial charge < -0.3 is 29.2 Å². The molecule has 3 aliphatic heterocycles. The Hall–Kier alpha value is -3.52. The summed E-state index contributed by atoms with van der Waals surface area (Å²) >= 11 is 0. The van der Waals surface area contributed by atoms with Gasteiger partial charge in [-0.25, -0.2) is 0 Å². The molecule has 3 aliphatic rings. The van der Waals surface area contributed by atoms with Crippen LogP contribution in [0, 0.1) is 11.8 Å². The van der Waals surface area contributed by atoms with Crippen molar-refractivity contribution in [3.8, 4) is 17.2 Å². The average Bonchev–Trinajstić information content (AvgIpc) is 3.51. The smallest absolute Gasteiger partial charge is 0.234 e. The largest absolute Gasteiger partial charge is 0.493 e. The number of anilines is 2. The summed E-state index contributed by atoms with van der Waals surface area (Å²) in [5, 5.41) is 2.93. The second kappa shape index (κ2) is 8.61. The molecule has 2 saturated heterocycles. The number of carbonyl (C=O) groups excluding carboxylic acids is 2. The van der Waals surface area contributed by atoms with Crippen molar-refractivity contribution in [1.82, 2.24) is 0 Å². The van der Waals surface area contributed by atoms with Crippen LogP contribution in [0.15, 0.2) is 48.6 Å². The quantitative estimate of drug-likeness (QED) is 0.610. The Balaban J connectivity index is 1.41. The van der Waals surface area contributed by atoms with Crippen molar-refractivity contribution < 1.29 is 28.5 Å². The first-order chi connectivity index (χ1) is 16.8. The molecule has 5 rings (SSSR count). The summed E-state index contributed by atoms with van der Waals surface area (Å²) in [5.41, 5.74) is 1.71. The molecule has 0 unspecified atom stereocenters. The molecule has 2 amide bonds. The number of amides is 2. The number of rotatable bonds is 7. The zero-order valence-electron chi connectivity index (χ0n) is 20.5. The van der Waals surface area contributed by atoms with Crippen LogP contribution in [0.1, 0.15) is 25.3 Å². The molecule has 2 bridgehead atoms. The van der Waals surface area contributed by atoms with E-state index in [4.69, 9.17) is 18.9 Å². The van der Waals surface area contributed by atoms with E-state index in [1.807, 2.05) is 36.4 Å². The molecule has 2 aromatic rings. The minimum atomic E-state index is -0.796. The lowest BCUT2D eigenvalue weighted by Crippen LogP contribution is -2.41. The van der Waals surface area contributed by atoms with Gasteiger partial charge in [0, 0.05) is 23.5 Å². The van der Waals surface area contributed by atoms with Gasteiger partial charge in [-0.3, -0.25) is 9.59 Å². The Morgan fingerprint density at radius 2 is 1.74 bits per heavy atom. The highest BCUT2D eigenvalue weighted by Gasteiger charge is 2.67. The second-order valence-corrected chi connectivity index (χ2v) is 9.47. The number of benzene rings is 2. The minimum Gasteiger partial charge on any atom is -0.493 e. The third-order valence-corrected chi connectivity index (χ3v) is 7.21. The number of ether oxygens (including phenoxy) is 4. The molecule has 2 fully saturated rings. The predicted octanol–water partition coefficient (Wildman–Crippen LogP) is 3.76. The van der Waals surface area contributed by atoms with Gasteiger partial charge in [-0.1, -0.05) is 38.1 Å². The van der Waals surface area contributed by atoms with Crippen LogP contribution in [0.3, 0.4) is 0 Å². The van der Waals surface area contributed by atoms with Crippen molar-refractivity contribution in [2.24, 2.45) is 11.8 Å². The van der Waals surface area contributed by atoms with Crippen molar-refractivity contribution in [3.63, 3.8) is 0 Å². The topological polar surface area (TPSA) is 86.3 Å². The molecule has 0 radical (unpaired) electrons. The summed E-state index contributed by atoms with van der Waals surface area (Å²) < 4.78 is 22.4. The van der Waals surface area contributed by atoms with Gasteiger partial charge in [0.2, 0.25) is 17.6 Å². The lowest BCUT2D eigenvalue weighted by molar-refractivity contribution is -0.128. The Kier molecular flexibility index (Phi) is 5.71. The Morgan fingerprint density at radius 3 is 2.31 bits per heavy atom. The fourth-order valence-electron chi connectivity index (χ4n) is 5.43. The molecule has 8 nitrogen and oxygen atoms in total. The molecule has 1 N–H and O–H groups in total. The Morgan fingerprint density at radius 1 is 1.09 bits per heavy atom. The summed E-state index contributed by atoms with van der Waals surface area (Å²) in [4.78, 5) is 28.9. The van der Waals surface area contributed by atoms with Gasteiger partial charge in [-0.2, -0.15) is 0 Å². The maximum atomic E-state index is 13.6. The monoisotopic (exact) mass is 478 g/mol. The van der Waals surface area contributed by atoms with E-state index in [0.29, 0.717) is 35.4 Å². The van der Waals surface area contributed by atoms with Crippen LogP contribution in [-0.2, 0) is 14.3 Å². The van der Waals surface area contributed by atoms with Gasteiger partial charge in [0.1, 0.15) is 5.60 Å². The van der Waals surface area contributed by atoms with Gasteiger partial charge in [-0.15, -0.1) is 0 Å². The molecule has 1 spiro atoms. The summed E-state index contributed by atoms with van der Waals surface area (Å²) in [6.45, 7) is 4.65. The molecule has 2 aromatic carbocycles. The fourth-order valence-corrected chi connectivity index (χ4v) is 5.43. The highest BCUT2D eigenvalue weighted by Crippen LogP contribution is 2.53. The predicted molar refractivity (Wildman–Crippen MR) is 131 cm³/mol. The maximum absolute atomic E-state index is 13.6. The molecular weight excluding hydrogens is 448 g/mol. The minimum absolute atomic E-state index is 0.0980. The number of methoxy groups -OCH3 is 3. The maximum Gasteiger partial charge on any atom is 0.234 e. The highest BCUT2D eigenvalue weighted by molar-refractivity contribution is 6.05. The van der Waals surface area contributed by atoms with Crippen LogP contribution in [0.2, 0.25) is 0 Å². The normalized spacial score (nSPS) is 26.3. The van der Waals surface area contributed by atoms with E-state index in [9.17, 15) is 9.59 Å². The number of nitrogens with one attached hydrogen (secondary N) is 1. The van der Waals surface area contributed by atoms with Crippen LogP contribution in [0.5, 0.6) is 17.2 Å². The van der Waals surface area contributed by atoms with E-state index in [-0.39, 0.29) is 11.8 Å². The molecular formula is C27H30N2O6. The standard InChI is InChI=1S/C27H30N2O6/c1-15(2)16-6-8-18(9-7-16)29-14-27-11-10-19(35-27)22(23(27)26(29)31)25(30)28-17-12-20(32-3)24(34-5)21(13-17)33-4/h6-13,15,19,22-23H,14H2,1-5H3,(H,28,30)/t19-,22+,23-,27-/m1/s1. The molecule has 0 saturated carbocycles. The molecule has 184 valence electrons. The highest BCUT2D eigenvalue weighted by atomic mass is 16.5. The van der Waals surface area contributed by atoms with E-state index in [1.165, 1.54) is 26.9 Å². The van der Waals surface area contributed by atoms with Crippen LogP contribution < -0.4 is 24.4 Å². The third kappa shape index (κ3) is 3.63. The fraction of sp³-hybridized carbons (Fsp3) is 0.407. The van der Waals surface area contributed by atoms with Crippen LogP contribution >= 0.6 is 0 Å². The van der Waals surface area contributed by atoms with Crippen LogP contribution in [0.25, 0.3) is 0 Å². The van der Waals surface area contributed by atoms with Crippen LogP contribution in [0.4, 0.5) is 11.4 Å². The number of fused-ring (bicyclic) bond motifs is 1. The summed E-state index contributed by atoms with van der Waals surface area (Å²) in [6, 6.07) is 11.3. The summed E-state index contributed by atoms with van der Waals surface area (Å²) in [6.07, 6.45) is 3.40. The van der Waals surface area contributed by atoms with Gasteiger partial charge in [0.15, 0.2) is 11.5 Å².